The Morgan fingerprint density at radius 2 is 1.74 bits per heavy atom. The number of ketones is 1. The first-order valence-corrected chi connectivity index (χ1v) is 8.72. The Hall–Kier alpha value is -3.21. The topological polar surface area (TPSA) is 72.0 Å². The second-order valence-corrected chi connectivity index (χ2v) is 6.72. The molecule has 5 heteroatoms. The molecule has 0 radical (unpaired) electrons. The summed E-state index contributed by atoms with van der Waals surface area (Å²) in [7, 11) is 1.57. The lowest BCUT2D eigenvalue weighted by Gasteiger charge is -2.13. The number of nitrogens with zero attached hydrogens (tertiary/aromatic N) is 1. The predicted molar refractivity (Wildman–Crippen MR) is 105 cm³/mol. The van der Waals surface area contributed by atoms with Crippen molar-refractivity contribution in [3.63, 3.8) is 0 Å². The molecule has 0 saturated carbocycles. The van der Waals surface area contributed by atoms with E-state index in [9.17, 15) is 9.59 Å². The number of carbonyl (C=O) groups is 1. The molecule has 0 amide bonds. The maximum absolute atomic E-state index is 13.2. The van der Waals surface area contributed by atoms with Crippen LogP contribution in [0, 0.1) is 20.8 Å². The van der Waals surface area contributed by atoms with E-state index in [2.05, 4.69) is 10.2 Å². The van der Waals surface area contributed by atoms with E-state index >= 15 is 0 Å². The van der Waals surface area contributed by atoms with Crippen LogP contribution in [0.5, 0.6) is 5.75 Å². The van der Waals surface area contributed by atoms with Crippen LogP contribution in [0.4, 0.5) is 0 Å². The van der Waals surface area contributed by atoms with Gasteiger partial charge >= 0.3 is 0 Å². The van der Waals surface area contributed by atoms with Gasteiger partial charge in [0.25, 0.3) is 5.56 Å². The number of aryl methyl sites for hydroxylation is 3. The van der Waals surface area contributed by atoms with Crippen molar-refractivity contribution in [3.05, 3.63) is 91.9 Å². The molecule has 0 saturated heterocycles. The van der Waals surface area contributed by atoms with Gasteiger partial charge in [0.1, 0.15) is 5.75 Å². The molecule has 5 nitrogen and oxygen atoms in total. The van der Waals surface area contributed by atoms with Crippen LogP contribution in [0.2, 0.25) is 0 Å². The standard InChI is InChI=1S/C22H22N2O3/c1-13-9-14(2)20(15(3)10-13)21(25)16-5-6-19(27-4)18(11-16)12-17-7-8-23-24-22(17)26/h5-11H,12H2,1-4H3,(H,24,26). The lowest BCUT2D eigenvalue weighted by Crippen LogP contribution is -2.14. The molecular formula is C22H22N2O3. The minimum absolute atomic E-state index is 0.0301. The van der Waals surface area contributed by atoms with E-state index in [1.807, 2.05) is 32.9 Å². The van der Waals surface area contributed by atoms with Crippen molar-refractivity contribution in [1.82, 2.24) is 10.2 Å². The summed E-state index contributed by atoms with van der Waals surface area (Å²) in [6.07, 6.45) is 1.89. The second kappa shape index (κ2) is 7.58. The molecule has 0 atom stereocenters. The quantitative estimate of drug-likeness (QED) is 0.705. The maximum Gasteiger partial charge on any atom is 0.267 e. The van der Waals surface area contributed by atoms with Crippen LogP contribution in [-0.4, -0.2) is 23.1 Å². The molecule has 2 aromatic carbocycles. The molecule has 138 valence electrons. The number of H-pyrrole nitrogens is 1. The highest BCUT2D eigenvalue weighted by Gasteiger charge is 2.17. The Bertz CT molecular complexity index is 1040. The fourth-order valence-electron chi connectivity index (χ4n) is 3.46. The first-order valence-electron chi connectivity index (χ1n) is 8.72. The number of hydrogen-bond acceptors (Lipinski definition) is 4. The summed E-state index contributed by atoms with van der Waals surface area (Å²) in [5.74, 6) is 0.609. The summed E-state index contributed by atoms with van der Waals surface area (Å²) in [6, 6.07) is 11.0. The van der Waals surface area contributed by atoms with Crippen LogP contribution >= 0.6 is 0 Å². The molecule has 0 spiro atoms. The summed E-state index contributed by atoms with van der Waals surface area (Å²) in [5.41, 5.74) is 5.44. The number of aromatic amines is 1. The Morgan fingerprint density at radius 1 is 1.04 bits per heavy atom. The van der Waals surface area contributed by atoms with Gasteiger partial charge in [-0.05, 0) is 61.7 Å². The average Bonchev–Trinajstić information content (AvgIpc) is 2.62. The van der Waals surface area contributed by atoms with E-state index in [0.29, 0.717) is 23.3 Å². The van der Waals surface area contributed by atoms with Crippen molar-refractivity contribution < 1.29 is 9.53 Å². The van der Waals surface area contributed by atoms with E-state index in [0.717, 1.165) is 27.8 Å². The lowest BCUT2D eigenvalue weighted by atomic mass is 9.92. The van der Waals surface area contributed by atoms with Gasteiger partial charge in [-0.25, -0.2) is 5.10 Å². The smallest absolute Gasteiger partial charge is 0.267 e. The fourth-order valence-corrected chi connectivity index (χ4v) is 3.46. The van der Waals surface area contributed by atoms with Gasteiger partial charge in [0, 0.05) is 29.3 Å². The minimum atomic E-state index is -0.249. The number of nitrogens with one attached hydrogen (secondary N) is 1. The molecule has 0 unspecified atom stereocenters. The van der Waals surface area contributed by atoms with Crippen LogP contribution in [-0.2, 0) is 6.42 Å². The van der Waals surface area contributed by atoms with Crippen molar-refractivity contribution in [2.45, 2.75) is 27.2 Å². The highest BCUT2D eigenvalue weighted by Crippen LogP contribution is 2.26. The van der Waals surface area contributed by atoms with Crippen molar-refractivity contribution >= 4 is 5.78 Å². The first kappa shape index (κ1) is 18.6. The average molecular weight is 362 g/mol. The van der Waals surface area contributed by atoms with E-state index in [1.54, 1.807) is 31.4 Å². The predicted octanol–water partition coefficient (Wildman–Crippen LogP) is 3.53. The zero-order valence-corrected chi connectivity index (χ0v) is 15.9. The second-order valence-electron chi connectivity index (χ2n) is 6.72. The molecule has 1 heterocycles. The zero-order chi connectivity index (χ0) is 19.6. The summed E-state index contributed by atoms with van der Waals surface area (Å²) in [6.45, 7) is 5.92. The fraction of sp³-hybridized carbons (Fsp3) is 0.227. The van der Waals surface area contributed by atoms with Gasteiger partial charge in [-0.3, -0.25) is 9.59 Å². The van der Waals surface area contributed by atoms with Crippen molar-refractivity contribution in [1.29, 1.82) is 0 Å². The highest BCUT2D eigenvalue weighted by molar-refractivity contribution is 6.11. The third kappa shape index (κ3) is 3.82. The van der Waals surface area contributed by atoms with E-state index in [1.165, 1.54) is 6.20 Å². The normalized spacial score (nSPS) is 10.7. The molecule has 3 aromatic rings. The van der Waals surface area contributed by atoms with Gasteiger partial charge in [0.15, 0.2) is 5.78 Å². The van der Waals surface area contributed by atoms with Crippen LogP contribution in [0.3, 0.4) is 0 Å². The first-order chi connectivity index (χ1) is 12.9. The SMILES string of the molecule is COc1ccc(C(=O)c2c(C)cc(C)cc2C)cc1Cc1ccn[nH]c1=O. The molecular weight excluding hydrogens is 340 g/mol. The van der Waals surface area contributed by atoms with Gasteiger partial charge in [0.05, 0.1) is 7.11 Å². The molecule has 1 N–H and O–H groups in total. The number of aromatic nitrogens is 2. The van der Waals surface area contributed by atoms with Gasteiger partial charge in [0.2, 0.25) is 0 Å². The molecule has 0 aliphatic carbocycles. The number of hydrogen-bond donors (Lipinski definition) is 1. The number of benzene rings is 2. The lowest BCUT2D eigenvalue weighted by molar-refractivity contribution is 0.103. The van der Waals surface area contributed by atoms with Gasteiger partial charge in [-0.1, -0.05) is 17.7 Å². The minimum Gasteiger partial charge on any atom is -0.496 e. The molecule has 0 fully saturated rings. The van der Waals surface area contributed by atoms with Crippen LogP contribution in [0.1, 0.15) is 43.7 Å². The van der Waals surface area contributed by atoms with E-state index in [-0.39, 0.29) is 11.3 Å². The molecule has 27 heavy (non-hydrogen) atoms. The van der Waals surface area contributed by atoms with E-state index in [4.69, 9.17) is 4.74 Å². The molecule has 3 rings (SSSR count). The Kier molecular flexibility index (Phi) is 5.21. The van der Waals surface area contributed by atoms with E-state index < -0.39 is 0 Å². The van der Waals surface area contributed by atoms with Crippen LogP contribution < -0.4 is 10.3 Å². The Balaban J connectivity index is 2.04. The van der Waals surface area contributed by atoms with Crippen molar-refractivity contribution in [2.24, 2.45) is 0 Å². The maximum atomic E-state index is 13.2. The molecule has 0 aliphatic rings. The monoisotopic (exact) mass is 362 g/mol. The summed E-state index contributed by atoms with van der Waals surface area (Å²) >= 11 is 0. The van der Waals surface area contributed by atoms with Crippen LogP contribution in [0.15, 0.2) is 47.4 Å². The van der Waals surface area contributed by atoms with Gasteiger partial charge < -0.3 is 4.74 Å². The third-order valence-corrected chi connectivity index (χ3v) is 4.64. The summed E-state index contributed by atoms with van der Waals surface area (Å²) in [5, 5.41) is 6.15. The number of carbonyl (C=O) groups excluding carboxylic acids is 1. The Morgan fingerprint density at radius 3 is 2.37 bits per heavy atom. The molecule has 0 aliphatic heterocycles. The van der Waals surface area contributed by atoms with Gasteiger partial charge in [-0.2, -0.15) is 5.10 Å². The third-order valence-electron chi connectivity index (χ3n) is 4.64. The Labute approximate surface area is 158 Å². The number of rotatable bonds is 5. The molecule has 1 aromatic heterocycles. The van der Waals surface area contributed by atoms with Crippen molar-refractivity contribution in [2.75, 3.05) is 7.11 Å². The summed E-state index contributed by atoms with van der Waals surface area (Å²) in [4.78, 5) is 25.1. The largest absolute Gasteiger partial charge is 0.496 e. The molecule has 0 bridgehead atoms. The van der Waals surface area contributed by atoms with Gasteiger partial charge in [-0.15, -0.1) is 0 Å². The number of methoxy groups -OCH3 is 1. The number of ether oxygens (including phenoxy) is 1. The summed E-state index contributed by atoms with van der Waals surface area (Å²) < 4.78 is 5.42. The highest BCUT2D eigenvalue weighted by atomic mass is 16.5. The van der Waals surface area contributed by atoms with Crippen LogP contribution in [0.25, 0.3) is 0 Å². The van der Waals surface area contributed by atoms with Crippen molar-refractivity contribution in [3.8, 4) is 5.75 Å². The zero-order valence-electron chi connectivity index (χ0n) is 15.9.